The van der Waals surface area contributed by atoms with Crippen LogP contribution in [0.3, 0.4) is 0 Å². The van der Waals surface area contributed by atoms with E-state index in [2.05, 4.69) is 30.7 Å². The van der Waals surface area contributed by atoms with Gasteiger partial charge in [-0.25, -0.2) is 14.4 Å². The van der Waals surface area contributed by atoms with Crippen molar-refractivity contribution in [3.05, 3.63) is 47.3 Å². The molecule has 2 rings (SSSR count). The Morgan fingerprint density at radius 2 is 1.74 bits per heavy atom. The first-order chi connectivity index (χ1) is 8.79. The maximum absolute atomic E-state index is 13.5. The van der Waals surface area contributed by atoms with Crippen molar-refractivity contribution < 1.29 is 4.39 Å². The summed E-state index contributed by atoms with van der Waals surface area (Å²) in [6.45, 7) is 10.2. The number of rotatable bonds is 1. The number of halogens is 1. The average Bonchev–Trinajstić information content (AvgIpc) is 2.26. The average molecular weight is 258 g/mol. The van der Waals surface area contributed by atoms with E-state index in [-0.39, 0.29) is 11.2 Å². The Balaban J connectivity index is 2.75. The van der Waals surface area contributed by atoms with Crippen molar-refractivity contribution in [3.63, 3.8) is 0 Å². The summed E-state index contributed by atoms with van der Waals surface area (Å²) in [7, 11) is 0. The SMILES string of the molecule is Cc1nc(C)c(-c2cccc(F)c2)c(C(C)(C)C)n1. The minimum Gasteiger partial charge on any atom is -0.238 e. The minimum absolute atomic E-state index is 0.111. The van der Waals surface area contributed by atoms with Crippen LogP contribution in [-0.2, 0) is 5.41 Å². The molecule has 0 bridgehead atoms. The van der Waals surface area contributed by atoms with Gasteiger partial charge in [0.15, 0.2) is 0 Å². The molecule has 1 heterocycles. The third kappa shape index (κ3) is 2.80. The maximum atomic E-state index is 13.5. The molecule has 1 aromatic heterocycles. The predicted octanol–water partition coefficient (Wildman–Crippen LogP) is 4.20. The lowest BCUT2D eigenvalue weighted by Crippen LogP contribution is -2.17. The summed E-state index contributed by atoms with van der Waals surface area (Å²) in [6.07, 6.45) is 0. The Hall–Kier alpha value is -1.77. The molecule has 0 amide bonds. The summed E-state index contributed by atoms with van der Waals surface area (Å²) in [5.74, 6) is 0.514. The molecule has 0 saturated carbocycles. The van der Waals surface area contributed by atoms with E-state index in [0.717, 1.165) is 28.3 Å². The standard InChI is InChI=1S/C16H19FN2/c1-10-14(12-7-6-8-13(17)9-12)15(16(3,4)5)19-11(2)18-10/h6-9H,1-5H3. The lowest BCUT2D eigenvalue weighted by Gasteiger charge is -2.23. The molecule has 3 heteroatoms. The Bertz CT molecular complexity index is 613. The third-order valence-electron chi connectivity index (χ3n) is 3.03. The van der Waals surface area contributed by atoms with Crippen molar-refractivity contribution in [1.82, 2.24) is 9.97 Å². The molecule has 0 spiro atoms. The molecule has 0 aliphatic carbocycles. The predicted molar refractivity (Wildman–Crippen MR) is 75.6 cm³/mol. The molecular weight excluding hydrogens is 239 g/mol. The van der Waals surface area contributed by atoms with Crippen molar-refractivity contribution in [2.24, 2.45) is 0 Å². The smallest absolute Gasteiger partial charge is 0.125 e. The van der Waals surface area contributed by atoms with Crippen LogP contribution in [0.2, 0.25) is 0 Å². The van der Waals surface area contributed by atoms with E-state index in [4.69, 9.17) is 0 Å². The van der Waals surface area contributed by atoms with E-state index < -0.39 is 0 Å². The van der Waals surface area contributed by atoms with E-state index in [1.54, 1.807) is 6.07 Å². The van der Waals surface area contributed by atoms with E-state index >= 15 is 0 Å². The minimum atomic E-state index is -0.239. The normalized spacial score (nSPS) is 11.7. The molecule has 0 aliphatic rings. The van der Waals surface area contributed by atoms with Gasteiger partial charge in [0.1, 0.15) is 11.6 Å². The molecule has 2 nitrogen and oxygen atoms in total. The molecule has 0 fully saturated rings. The number of benzene rings is 1. The molecule has 19 heavy (non-hydrogen) atoms. The lowest BCUT2D eigenvalue weighted by atomic mass is 9.85. The molecule has 100 valence electrons. The van der Waals surface area contributed by atoms with E-state index in [0.29, 0.717) is 0 Å². The van der Waals surface area contributed by atoms with Crippen LogP contribution in [0.5, 0.6) is 0 Å². The summed E-state index contributed by atoms with van der Waals surface area (Å²) < 4.78 is 13.5. The monoisotopic (exact) mass is 258 g/mol. The fourth-order valence-corrected chi connectivity index (χ4v) is 2.24. The quantitative estimate of drug-likeness (QED) is 0.766. The molecule has 0 atom stereocenters. The van der Waals surface area contributed by atoms with Gasteiger partial charge in [0.2, 0.25) is 0 Å². The molecule has 2 aromatic rings. The number of aryl methyl sites for hydroxylation is 2. The zero-order valence-electron chi connectivity index (χ0n) is 12.1. The summed E-state index contributed by atoms with van der Waals surface area (Å²) in [4.78, 5) is 9.00. The maximum Gasteiger partial charge on any atom is 0.125 e. The molecule has 0 saturated heterocycles. The largest absolute Gasteiger partial charge is 0.238 e. The second kappa shape index (κ2) is 4.72. The number of hydrogen-bond acceptors (Lipinski definition) is 2. The van der Waals surface area contributed by atoms with E-state index in [9.17, 15) is 4.39 Å². The zero-order valence-corrected chi connectivity index (χ0v) is 12.1. The Kier molecular flexibility index (Phi) is 3.40. The lowest BCUT2D eigenvalue weighted by molar-refractivity contribution is 0.565. The second-order valence-electron chi connectivity index (χ2n) is 5.84. The molecular formula is C16H19FN2. The van der Waals surface area contributed by atoms with Crippen LogP contribution in [0.25, 0.3) is 11.1 Å². The molecule has 0 N–H and O–H groups in total. The first kappa shape index (κ1) is 13.7. The highest BCUT2D eigenvalue weighted by atomic mass is 19.1. The third-order valence-corrected chi connectivity index (χ3v) is 3.03. The van der Waals surface area contributed by atoms with Crippen LogP contribution in [0.1, 0.15) is 38.0 Å². The van der Waals surface area contributed by atoms with Gasteiger partial charge in [-0.15, -0.1) is 0 Å². The molecule has 0 radical (unpaired) electrons. The van der Waals surface area contributed by atoms with Crippen LogP contribution in [0.15, 0.2) is 24.3 Å². The number of aromatic nitrogens is 2. The molecule has 0 unspecified atom stereocenters. The first-order valence-electron chi connectivity index (χ1n) is 6.40. The van der Waals surface area contributed by atoms with Gasteiger partial charge in [0.05, 0.1) is 5.69 Å². The van der Waals surface area contributed by atoms with Crippen LogP contribution < -0.4 is 0 Å². The van der Waals surface area contributed by atoms with Crippen LogP contribution in [0, 0.1) is 19.7 Å². The van der Waals surface area contributed by atoms with Crippen LogP contribution in [-0.4, -0.2) is 9.97 Å². The molecule has 0 aliphatic heterocycles. The zero-order chi connectivity index (χ0) is 14.2. The van der Waals surface area contributed by atoms with E-state index in [1.807, 2.05) is 19.9 Å². The van der Waals surface area contributed by atoms with Crippen molar-refractivity contribution in [2.75, 3.05) is 0 Å². The van der Waals surface area contributed by atoms with Gasteiger partial charge in [-0.2, -0.15) is 0 Å². The molecule has 1 aromatic carbocycles. The van der Waals surface area contributed by atoms with Gasteiger partial charge in [0, 0.05) is 16.7 Å². The Labute approximate surface area is 113 Å². The van der Waals surface area contributed by atoms with Gasteiger partial charge in [0.25, 0.3) is 0 Å². The van der Waals surface area contributed by atoms with E-state index in [1.165, 1.54) is 12.1 Å². The van der Waals surface area contributed by atoms with Crippen molar-refractivity contribution >= 4 is 0 Å². The van der Waals surface area contributed by atoms with Gasteiger partial charge in [-0.1, -0.05) is 32.9 Å². The second-order valence-corrected chi connectivity index (χ2v) is 5.84. The van der Waals surface area contributed by atoms with Gasteiger partial charge < -0.3 is 0 Å². The van der Waals surface area contributed by atoms with Gasteiger partial charge >= 0.3 is 0 Å². The van der Waals surface area contributed by atoms with Gasteiger partial charge in [-0.05, 0) is 31.5 Å². The summed E-state index contributed by atoms with van der Waals surface area (Å²) >= 11 is 0. The summed E-state index contributed by atoms with van der Waals surface area (Å²) in [5, 5.41) is 0. The van der Waals surface area contributed by atoms with Crippen LogP contribution in [0.4, 0.5) is 4.39 Å². The highest BCUT2D eigenvalue weighted by Crippen LogP contribution is 2.33. The fourth-order valence-electron chi connectivity index (χ4n) is 2.24. The fraction of sp³-hybridized carbons (Fsp3) is 0.375. The van der Waals surface area contributed by atoms with Crippen LogP contribution >= 0.6 is 0 Å². The summed E-state index contributed by atoms with van der Waals surface area (Å²) in [5.41, 5.74) is 3.52. The first-order valence-corrected chi connectivity index (χ1v) is 6.40. The Morgan fingerprint density at radius 3 is 2.32 bits per heavy atom. The van der Waals surface area contributed by atoms with Gasteiger partial charge in [-0.3, -0.25) is 0 Å². The Morgan fingerprint density at radius 1 is 1.05 bits per heavy atom. The van der Waals surface area contributed by atoms with Crippen molar-refractivity contribution in [3.8, 4) is 11.1 Å². The highest BCUT2D eigenvalue weighted by Gasteiger charge is 2.23. The number of nitrogens with zero attached hydrogens (tertiary/aromatic N) is 2. The summed E-state index contributed by atoms with van der Waals surface area (Å²) in [6, 6.07) is 6.61. The highest BCUT2D eigenvalue weighted by molar-refractivity contribution is 5.69. The van der Waals surface area contributed by atoms with Crippen molar-refractivity contribution in [1.29, 1.82) is 0 Å². The topological polar surface area (TPSA) is 25.8 Å². The number of hydrogen-bond donors (Lipinski definition) is 0. The van der Waals surface area contributed by atoms with Crippen molar-refractivity contribution in [2.45, 2.75) is 40.0 Å².